The topological polar surface area (TPSA) is 0 Å². The monoisotopic (exact) mass is 276 g/mol. The van der Waals surface area contributed by atoms with Crippen LogP contribution in [0.15, 0.2) is 11.6 Å². The van der Waals surface area contributed by atoms with Crippen molar-refractivity contribution in [2.24, 2.45) is 5.92 Å². The third-order valence-corrected chi connectivity index (χ3v) is 5.46. The van der Waals surface area contributed by atoms with E-state index in [9.17, 15) is 0 Å². The molecule has 0 unspecified atom stereocenters. The number of hydrogen-bond donors (Lipinski definition) is 0. The van der Waals surface area contributed by atoms with Crippen LogP contribution < -0.4 is 0 Å². The SMILES string of the molecule is C1=C(C2CCCCCCCCC2)CCCCCCCC1. The Balaban J connectivity index is 1.89. The summed E-state index contributed by atoms with van der Waals surface area (Å²) < 4.78 is 0. The average molecular weight is 277 g/mol. The molecule has 0 aromatic heterocycles. The largest absolute Gasteiger partial charge is 0.0851 e. The minimum Gasteiger partial charge on any atom is -0.0851 e. The van der Waals surface area contributed by atoms with Gasteiger partial charge in [0.2, 0.25) is 0 Å². The molecule has 0 heterocycles. The molecule has 2 aliphatic carbocycles. The highest BCUT2D eigenvalue weighted by Gasteiger charge is 2.15. The first kappa shape index (κ1) is 16.1. The smallest absolute Gasteiger partial charge is 0.0203 e. The van der Waals surface area contributed by atoms with Gasteiger partial charge in [-0.2, -0.15) is 0 Å². The maximum Gasteiger partial charge on any atom is -0.0203 e. The third kappa shape index (κ3) is 6.46. The van der Waals surface area contributed by atoms with E-state index >= 15 is 0 Å². The Morgan fingerprint density at radius 3 is 1.70 bits per heavy atom. The second kappa shape index (κ2) is 10.5. The molecule has 0 amide bonds. The first-order valence-electron chi connectivity index (χ1n) is 9.66. The molecular formula is C20H36. The van der Waals surface area contributed by atoms with Crippen molar-refractivity contribution >= 4 is 0 Å². The Morgan fingerprint density at radius 1 is 0.550 bits per heavy atom. The lowest BCUT2D eigenvalue weighted by atomic mass is 9.83. The van der Waals surface area contributed by atoms with E-state index in [1.165, 1.54) is 109 Å². The summed E-state index contributed by atoms with van der Waals surface area (Å²) in [6, 6.07) is 0. The summed E-state index contributed by atoms with van der Waals surface area (Å²) in [4.78, 5) is 0. The molecule has 0 N–H and O–H groups in total. The van der Waals surface area contributed by atoms with Crippen LogP contribution in [0, 0.1) is 5.92 Å². The minimum atomic E-state index is 0.951. The molecule has 2 aliphatic rings. The van der Waals surface area contributed by atoms with Crippen LogP contribution in [0.3, 0.4) is 0 Å². The van der Waals surface area contributed by atoms with Gasteiger partial charge in [0.25, 0.3) is 0 Å². The lowest BCUT2D eigenvalue weighted by molar-refractivity contribution is 0.416. The van der Waals surface area contributed by atoms with E-state index in [-0.39, 0.29) is 0 Å². The Kier molecular flexibility index (Phi) is 8.43. The first-order chi connectivity index (χ1) is 9.97. The molecule has 2 rings (SSSR count). The highest BCUT2D eigenvalue weighted by molar-refractivity contribution is 5.07. The predicted octanol–water partition coefficient (Wildman–Crippen LogP) is 7.19. The summed E-state index contributed by atoms with van der Waals surface area (Å²) in [6.45, 7) is 0. The van der Waals surface area contributed by atoms with Crippen LogP contribution in [0.1, 0.15) is 109 Å². The second-order valence-corrected chi connectivity index (χ2v) is 7.19. The summed E-state index contributed by atoms with van der Waals surface area (Å²) in [7, 11) is 0. The summed E-state index contributed by atoms with van der Waals surface area (Å²) in [5, 5.41) is 0. The normalized spacial score (nSPS) is 25.7. The van der Waals surface area contributed by atoms with E-state index in [0.717, 1.165) is 5.92 Å². The maximum absolute atomic E-state index is 2.67. The molecule has 0 nitrogen and oxygen atoms in total. The predicted molar refractivity (Wildman–Crippen MR) is 90.1 cm³/mol. The summed E-state index contributed by atoms with van der Waals surface area (Å²) in [6.07, 6.45) is 27.7. The molecule has 0 spiro atoms. The highest BCUT2D eigenvalue weighted by atomic mass is 14.2. The van der Waals surface area contributed by atoms with Crippen LogP contribution in [-0.2, 0) is 0 Å². The van der Waals surface area contributed by atoms with Crippen molar-refractivity contribution in [1.29, 1.82) is 0 Å². The molecule has 0 radical (unpaired) electrons. The molecule has 0 aromatic rings. The maximum atomic E-state index is 2.67. The van der Waals surface area contributed by atoms with Gasteiger partial charge in [0.1, 0.15) is 0 Å². The fourth-order valence-corrected chi connectivity index (χ4v) is 4.12. The van der Waals surface area contributed by atoms with E-state index < -0.39 is 0 Å². The zero-order chi connectivity index (χ0) is 13.9. The fourth-order valence-electron chi connectivity index (χ4n) is 4.12. The fraction of sp³-hybridized carbons (Fsp3) is 0.900. The Labute approximate surface area is 127 Å². The van der Waals surface area contributed by atoms with Crippen molar-refractivity contribution in [2.45, 2.75) is 109 Å². The molecular weight excluding hydrogens is 240 g/mol. The average Bonchev–Trinajstić information content (AvgIpc) is 2.50. The van der Waals surface area contributed by atoms with Crippen LogP contribution in [-0.4, -0.2) is 0 Å². The van der Waals surface area contributed by atoms with Crippen molar-refractivity contribution in [2.75, 3.05) is 0 Å². The number of allylic oxidation sites excluding steroid dienone is 2. The van der Waals surface area contributed by atoms with Gasteiger partial charge in [0.05, 0.1) is 0 Å². The van der Waals surface area contributed by atoms with Gasteiger partial charge in [-0.15, -0.1) is 0 Å². The number of hydrogen-bond acceptors (Lipinski definition) is 0. The Hall–Kier alpha value is -0.260. The van der Waals surface area contributed by atoms with Crippen LogP contribution in [0.5, 0.6) is 0 Å². The second-order valence-electron chi connectivity index (χ2n) is 7.19. The van der Waals surface area contributed by atoms with E-state index in [1.54, 1.807) is 0 Å². The Bertz CT molecular complexity index is 253. The van der Waals surface area contributed by atoms with E-state index in [1.807, 2.05) is 5.57 Å². The zero-order valence-corrected chi connectivity index (χ0v) is 13.7. The van der Waals surface area contributed by atoms with Gasteiger partial charge < -0.3 is 0 Å². The lowest BCUT2D eigenvalue weighted by Crippen LogP contribution is -2.07. The molecule has 0 heteroatoms. The summed E-state index contributed by atoms with van der Waals surface area (Å²) >= 11 is 0. The standard InChI is InChI=1S/C20H36/c1-3-7-11-15-19(16-12-8-4-1)20-17-13-9-5-2-6-10-14-18-20/h15,20H,1-14,16-18H2. The van der Waals surface area contributed by atoms with Crippen molar-refractivity contribution in [3.63, 3.8) is 0 Å². The van der Waals surface area contributed by atoms with Crippen molar-refractivity contribution in [3.05, 3.63) is 11.6 Å². The molecule has 116 valence electrons. The quantitative estimate of drug-likeness (QED) is 0.445. The molecule has 0 atom stereocenters. The van der Waals surface area contributed by atoms with Crippen LogP contribution >= 0.6 is 0 Å². The van der Waals surface area contributed by atoms with Gasteiger partial charge in [-0.05, 0) is 44.4 Å². The van der Waals surface area contributed by atoms with Gasteiger partial charge in [0.15, 0.2) is 0 Å². The van der Waals surface area contributed by atoms with Gasteiger partial charge in [-0.25, -0.2) is 0 Å². The Morgan fingerprint density at radius 2 is 1.05 bits per heavy atom. The van der Waals surface area contributed by atoms with Crippen molar-refractivity contribution < 1.29 is 0 Å². The van der Waals surface area contributed by atoms with E-state index in [2.05, 4.69) is 6.08 Å². The summed E-state index contributed by atoms with van der Waals surface area (Å²) in [5.74, 6) is 0.951. The third-order valence-electron chi connectivity index (χ3n) is 5.46. The molecule has 0 aromatic carbocycles. The van der Waals surface area contributed by atoms with Gasteiger partial charge in [-0.1, -0.05) is 82.3 Å². The van der Waals surface area contributed by atoms with Gasteiger partial charge in [-0.3, -0.25) is 0 Å². The molecule has 1 fully saturated rings. The van der Waals surface area contributed by atoms with Crippen LogP contribution in [0.25, 0.3) is 0 Å². The molecule has 0 saturated heterocycles. The van der Waals surface area contributed by atoms with Crippen LogP contribution in [0.4, 0.5) is 0 Å². The van der Waals surface area contributed by atoms with Crippen molar-refractivity contribution in [1.82, 2.24) is 0 Å². The first-order valence-corrected chi connectivity index (χ1v) is 9.66. The molecule has 1 saturated carbocycles. The highest BCUT2D eigenvalue weighted by Crippen LogP contribution is 2.31. The summed E-state index contributed by atoms with van der Waals surface area (Å²) in [5.41, 5.74) is 1.87. The number of rotatable bonds is 1. The van der Waals surface area contributed by atoms with Gasteiger partial charge in [0, 0.05) is 0 Å². The van der Waals surface area contributed by atoms with E-state index in [0.29, 0.717) is 0 Å². The van der Waals surface area contributed by atoms with Gasteiger partial charge >= 0.3 is 0 Å². The molecule has 0 bridgehead atoms. The van der Waals surface area contributed by atoms with E-state index in [4.69, 9.17) is 0 Å². The zero-order valence-electron chi connectivity index (χ0n) is 13.7. The minimum absolute atomic E-state index is 0.951. The molecule has 20 heavy (non-hydrogen) atoms. The molecule has 0 aliphatic heterocycles. The lowest BCUT2D eigenvalue weighted by Gasteiger charge is -2.23. The van der Waals surface area contributed by atoms with Crippen molar-refractivity contribution in [3.8, 4) is 0 Å². The van der Waals surface area contributed by atoms with Crippen LogP contribution in [0.2, 0.25) is 0 Å².